The van der Waals surface area contributed by atoms with Crippen LogP contribution in [-0.2, 0) is 0 Å². The van der Waals surface area contributed by atoms with Gasteiger partial charge in [-0.25, -0.2) is 4.99 Å². The zero-order chi connectivity index (χ0) is 19.2. The summed E-state index contributed by atoms with van der Waals surface area (Å²) in [7, 11) is 0. The van der Waals surface area contributed by atoms with Gasteiger partial charge in [-0.2, -0.15) is 0 Å². The number of phenols is 1. The standard InChI is InChI=1S/C22H26N2O2S/c1-14-18(25)11-10-16-17(15-8-6-5-7-9-15)12-22(26-19(14)16)13-21(2,3)23-20(24-22)27-4/h5-11,17,25H,12-13H2,1-4H3,(H,23,24). The van der Waals surface area contributed by atoms with Gasteiger partial charge in [0.15, 0.2) is 5.17 Å². The van der Waals surface area contributed by atoms with E-state index in [1.54, 1.807) is 17.8 Å². The lowest BCUT2D eigenvalue weighted by Gasteiger charge is -2.47. The van der Waals surface area contributed by atoms with E-state index in [9.17, 15) is 5.11 Å². The molecule has 0 radical (unpaired) electrons. The summed E-state index contributed by atoms with van der Waals surface area (Å²) in [6.07, 6.45) is 3.58. The lowest BCUT2D eigenvalue weighted by atomic mass is 9.77. The van der Waals surface area contributed by atoms with E-state index in [2.05, 4.69) is 43.4 Å². The summed E-state index contributed by atoms with van der Waals surface area (Å²) in [5.41, 5.74) is 2.40. The predicted octanol–water partition coefficient (Wildman–Crippen LogP) is 4.80. The van der Waals surface area contributed by atoms with Crippen LogP contribution in [0.3, 0.4) is 0 Å². The van der Waals surface area contributed by atoms with E-state index in [0.717, 1.165) is 34.9 Å². The van der Waals surface area contributed by atoms with Crippen molar-refractivity contribution in [1.29, 1.82) is 0 Å². The topological polar surface area (TPSA) is 53.9 Å². The highest BCUT2D eigenvalue weighted by Crippen LogP contribution is 2.51. The van der Waals surface area contributed by atoms with Gasteiger partial charge in [0.25, 0.3) is 0 Å². The quantitative estimate of drug-likeness (QED) is 0.744. The fraction of sp³-hybridized carbons (Fsp3) is 0.409. The number of phenolic OH excluding ortho intramolecular Hbond substituents is 1. The number of hydrogen-bond acceptors (Lipinski definition) is 5. The second-order valence-corrected chi connectivity index (χ2v) is 8.95. The maximum absolute atomic E-state index is 10.3. The van der Waals surface area contributed by atoms with Crippen LogP contribution >= 0.6 is 11.8 Å². The summed E-state index contributed by atoms with van der Waals surface area (Å²) in [5, 5.41) is 14.7. The molecular formula is C22H26N2O2S. The van der Waals surface area contributed by atoms with Gasteiger partial charge in [0.05, 0.1) is 0 Å². The second kappa shape index (κ2) is 6.48. The molecule has 0 aliphatic carbocycles. The molecule has 27 heavy (non-hydrogen) atoms. The van der Waals surface area contributed by atoms with Crippen molar-refractivity contribution in [3.05, 3.63) is 59.2 Å². The number of aromatic hydroxyl groups is 1. The van der Waals surface area contributed by atoms with Crippen LogP contribution in [0.2, 0.25) is 0 Å². The van der Waals surface area contributed by atoms with Crippen molar-refractivity contribution in [3.63, 3.8) is 0 Å². The average molecular weight is 383 g/mol. The van der Waals surface area contributed by atoms with Crippen LogP contribution in [0.15, 0.2) is 47.5 Å². The molecule has 0 saturated heterocycles. The first-order chi connectivity index (χ1) is 12.8. The van der Waals surface area contributed by atoms with Crippen LogP contribution in [0, 0.1) is 6.92 Å². The third-order valence-corrected chi connectivity index (χ3v) is 6.04. The molecule has 0 fully saturated rings. The first kappa shape index (κ1) is 18.2. The van der Waals surface area contributed by atoms with E-state index in [-0.39, 0.29) is 17.2 Å². The Labute approximate surface area is 165 Å². The number of aliphatic imine (C=N–C) groups is 1. The molecule has 2 aromatic rings. The molecule has 5 heteroatoms. The molecule has 2 aliphatic rings. The fourth-order valence-corrected chi connectivity index (χ4v) is 4.94. The van der Waals surface area contributed by atoms with E-state index >= 15 is 0 Å². The summed E-state index contributed by atoms with van der Waals surface area (Å²) in [5.74, 6) is 1.21. The zero-order valence-corrected chi connectivity index (χ0v) is 17.1. The fourth-order valence-electron chi connectivity index (χ4n) is 4.31. The maximum atomic E-state index is 10.3. The highest BCUT2D eigenvalue weighted by atomic mass is 32.2. The summed E-state index contributed by atoms with van der Waals surface area (Å²) in [6.45, 7) is 6.29. The molecule has 1 spiro atoms. The number of rotatable bonds is 1. The van der Waals surface area contributed by atoms with Crippen LogP contribution in [-0.4, -0.2) is 27.8 Å². The molecule has 0 saturated carbocycles. The minimum atomic E-state index is -0.640. The molecule has 0 aromatic heterocycles. The second-order valence-electron chi connectivity index (χ2n) is 8.15. The number of amidine groups is 1. The lowest BCUT2D eigenvalue weighted by molar-refractivity contribution is 0.0126. The highest BCUT2D eigenvalue weighted by Gasteiger charge is 2.48. The Morgan fingerprint density at radius 2 is 1.93 bits per heavy atom. The molecule has 2 N–H and O–H groups in total. The predicted molar refractivity (Wildman–Crippen MR) is 112 cm³/mol. The Bertz CT molecular complexity index is 895. The van der Waals surface area contributed by atoms with Crippen LogP contribution in [0.4, 0.5) is 0 Å². The number of thioether (sulfide) groups is 1. The van der Waals surface area contributed by atoms with Gasteiger partial charge < -0.3 is 15.2 Å². The summed E-state index contributed by atoms with van der Waals surface area (Å²) < 4.78 is 6.59. The largest absolute Gasteiger partial charge is 0.508 e. The van der Waals surface area contributed by atoms with Gasteiger partial charge in [-0.05, 0) is 38.7 Å². The molecule has 4 nitrogen and oxygen atoms in total. The number of hydrogen-bond donors (Lipinski definition) is 2. The van der Waals surface area contributed by atoms with Crippen molar-refractivity contribution in [2.75, 3.05) is 6.26 Å². The van der Waals surface area contributed by atoms with E-state index in [1.807, 2.05) is 25.3 Å². The van der Waals surface area contributed by atoms with Crippen LogP contribution < -0.4 is 10.1 Å². The normalized spacial score (nSPS) is 25.9. The molecule has 142 valence electrons. The Kier molecular flexibility index (Phi) is 4.38. The van der Waals surface area contributed by atoms with Crippen molar-refractivity contribution in [2.24, 2.45) is 4.99 Å². The molecule has 2 unspecified atom stereocenters. The lowest BCUT2D eigenvalue weighted by Crippen LogP contribution is -2.57. The van der Waals surface area contributed by atoms with Gasteiger partial charge in [-0.3, -0.25) is 0 Å². The molecule has 0 amide bonds. The number of fused-ring (bicyclic) bond motifs is 1. The SMILES string of the molecule is CSC1=NC2(CC(c3ccccc3)c3ccc(O)c(C)c3O2)CC(C)(C)N1. The van der Waals surface area contributed by atoms with Gasteiger partial charge in [0.1, 0.15) is 11.5 Å². The molecule has 0 bridgehead atoms. The maximum Gasteiger partial charge on any atom is 0.206 e. The Hall–Kier alpha value is -2.14. The summed E-state index contributed by atoms with van der Waals surface area (Å²) >= 11 is 1.61. The van der Waals surface area contributed by atoms with E-state index in [0.29, 0.717) is 0 Å². The van der Waals surface area contributed by atoms with Gasteiger partial charge in [0.2, 0.25) is 5.72 Å². The molecule has 2 heterocycles. The van der Waals surface area contributed by atoms with Gasteiger partial charge in [-0.1, -0.05) is 48.2 Å². The third kappa shape index (κ3) is 3.29. The molecule has 2 aliphatic heterocycles. The van der Waals surface area contributed by atoms with Crippen molar-refractivity contribution in [2.45, 2.75) is 50.8 Å². The zero-order valence-electron chi connectivity index (χ0n) is 16.2. The Morgan fingerprint density at radius 3 is 2.63 bits per heavy atom. The van der Waals surface area contributed by atoms with Crippen molar-refractivity contribution < 1.29 is 9.84 Å². The molecule has 4 rings (SSSR count). The van der Waals surface area contributed by atoms with Gasteiger partial charge in [0, 0.05) is 35.4 Å². The van der Waals surface area contributed by atoms with Crippen molar-refractivity contribution in [3.8, 4) is 11.5 Å². The molecule has 2 aromatic carbocycles. The van der Waals surface area contributed by atoms with Crippen molar-refractivity contribution in [1.82, 2.24) is 5.32 Å². The van der Waals surface area contributed by atoms with E-state index in [1.165, 1.54) is 5.56 Å². The van der Waals surface area contributed by atoms with E-state index < -0.39 is 5.72 Å². The summed E-state index contributed by atoms with van der Waals surface area (Å²) in [4.78, 5) is 5.00. The first-order valence-corrected chi connectivity index (χ1v) is 10.5. The van der Waals surface area contributed by atoms with Crippen LogP contribution in [0.5, 0.6) is 11.5 Å². The first-order valence-electron chi connectivity index (χ1n) is 9.31. The molecule has 2 atom stereocenters. The third-order valence-electron chi connectivity index (χ3n) is 5.46. The van der Waals surface area contributed by atoms with Gasteiger partial charge in [-0.15, -0.1) is 0 Å². The molecular weight excluding hydrogens is 356 g/mol. The number of nitrogens with zero attached hydrogens (tertiary/aromatic N) is 1. The Morgan fingerprint density at radius 1 is 1.19 bits per heavy atom. The number of benzene rings is 2. The monoisotopic (exact) mass is 382 g/mol. The smallest absolute Gasteiger partial charge is 0.206 e. The minimum absolute atomic E-state index is 0.121. The average Bonchev–Trinajstić information content (AvgIpc) is 2.64. The minimum Gasteiger partial charge on any atom is -0.508 e. The van der Waals surface area contributed by atoms with Crippen molar-refractivity contribution >= 4 is 16.9 Å². The number of ether oxygens (including phenoxy) is 1. The van der Waals surface area contributed by atoms with Crippen LogP contribution in [0.1, 0.15) is 49.3 Å². The van der Waals surface area contributed by atoms with Gasteiger partial charge >= 0.3 is 0 Å². The Balaban J connectivity index is 1.89. The summed E-state index contributed by atoms with van der Waals surface area (Å²) in [6, 6.07) is 14.3. The van der Waals surface area contributed by atoms with E-state index in [4.69, 9.17) is 9.73 Å². The van der Waals surface area contributed by atoms with Crippen LogP contribution in [0.25, 0.3) is 0 Å². The highest BCUT2D eigenvalue weighted by molar-refractivity contribution is 8.13. The number of nitrogens with one attached hydrogen (secondary N) is 1.